The van der Waals surface area contributed by atoms with Crippen LogP contribution in [-0.4, -0.2) is 18.8 Å². The van der Waals surface area contributed by atoms with Gasteiger partial charge in [-0.1, -0.05) is 18.2 Å². The van der Waals surface area contributed by atoms with Gasteiger partial charge < -0.3 is 10.1 Å². The minimum absolute atomic E-state index is 0.163. The molecule has 0 saturated carbocycles. The molecule has 16 heavy (non-hydrogen) atoms. The summed E-state index contributed by atoms with van der Waals surface area (Å²) in [5.41, 5.74) is 0.481. The monoisotopic (exact) mass is 225 g/mol. The Morgan fingerprint density at radius 2 is 2.00 bits per heavy atom. The van der Waals surface area contributed by atoms with E-state index in [2.05, 4.69) is 5.32 Å². The van der Waals surface area contributed by atoms with E-state index in [0.717, 1.165) is 0 Å². The standard InChI is InChI=1S/C13H20FNO/c1-4-16-13(2,3)10-15-9-11-7-5-6-8-12(11)14/h5-8,15H,4,9-10H2,1-3H3. The van der Waals surface area contributed by atoms with Gasteiger partial charge in [0.25, 0.3) is 0 Å². The molecule has 0 heterocycles. The molecule has 0 amide bonds. The van der Waals surface area contributed by atoms with Crippen molar-refractivity contribution in [3.8, 4) is 0 Å². The van der Waals surface area contributed by atoms with Gasteiger partial charge in [0, 0.05) is 25.3 Å². The molecule has 0 aromatic heterocycles. The van der Waals surface area contributed by atoms with Crippen LogP contribution in [0.5, 0.6) is 0 Å². The Labute approximate surface area is 96.8 Å². The molecule has 0 aliphatic heterocycles. The molecule has 1 aromatic rings. The zero-order chi connectivity index (χ0) is 12.0. The maximum Gasteiger partial charge on any atom is 0.127 e. The van der Waals surface area contributed by atoms with E-state index in [0.29, 0.717) is 25.3 Å². The molecule has 1 N–H and O–H groups in total. The molecule has 0 spiro atoms. The molecule has 0 fully saturated rings. The van der Waals surface area contributed by atoms with E-state index >= 15 is 0 Å². The molecule has 0 aliphatic carbocycles. The van der Waals surface area contributed by atoms with E-state index in [1.807, 2.05) is 26.8 Å². The van der Waals surface area contributed by atoms with Crippen molar-refractivity contribution in [1.82, 2.24) is 5.32 Å². The molecule has 1 rings (SSSR count). The van der Waals surface area contributed by atoms with Crippen molar-refractivity contribution in [3.05, 3.63) is 35.6 Å². The maximum absolute atomic E-state index is 13.3. The molecular formula is C13H20FNO. The molecule has 0 atom stereocenters. The van der Waals surface area contributed by atoms with Crippen LogP contribution >= 0.6 is 0 Å². The predicted molar refractivity (Wildman–Crippen MR) is 63.8 cm³/mol. The average molecular weight is 225 g/mol. The number of hydrogen-bond acceptors (Lipinski definition) is 2. The summed E-state index contributed by atoms with van der Waals surface area (Å²) >= 11 is 0. The summed E-state index contributed by atoms with van der Waals surface area (Å²) in [7, 11) is 0. The third-order valence-corrected chi connectivity index (χ3v) is 2.36. The van der Waals surface area contributed by atoms with Crippen LogP contribution in [0.1, 0.15) is 26.3 Å². The predicted octanol–water partition coefficient (Wildman–Crippen LogP) is 2.73. The highest BCUT2D eigenvalue weighted by molar-refractivity contribution is 5.16. The number of benzene rings is 1. The van der Waals surface area contributed by atoms with E-state index in [1.54, 1.807) is 12.1 Å². The quantitative estimate of drug-likeness (QED) is 0.803. The topological polar surface area (TPSA) is 21.3 Å². The first-order valence-corrected chi connectivity index (χ1v) is 5.63. The van der Waals surface area contributed by atoms with Crippen molar-refractivity contribution >= 4 is 0 Å². The normalized spacial score (nSPS) is 11.8. The van der Waals surface area contributed by atoms with Gasteiger partial charge in [-0.25, -0.2) is 4.39 Å². The van der Waals surface area contributed by atoms with Gasteiger partial charge in [-0.3, -0.25) is 0 Å². The van der Waals surface area contributed by atoms with Gasteiger partial charge in [-0.05, 0) is 26.8 Å². The molecule has 0 aliphatic rings. The van der Waals surface area contributed by atoms with Gasteiger partial charge in [-0.15, -0.1) is 0 Å². The summed E-state index contributed by atoms with van der Waals surface area (Å²) in [4.78, 5) is 0. The summed E-state index contributed by atoms with van der Waals surface area (Å²) in [5.74, 6) is -0.163. The fraction of sp³-hybridized carbons (Fsp3) is 0.538. The third-order valence-electron chi connectivity index (χ3n) is 2.36. The highest BCUT2D eigenvalue weighted by Crippen LogP contribution is 2.09. The third kappa shape index (κ3) is 4.29. The van der Waals surface area contributed by atoms with Crippen LogP contribution in [0.2, 0.25) is 0 Å². The minimum Gasteiger partial charge on any atom is -0.375 e. The van der Waals surface area contributed by atoms with Crippen molar-refractivity contribution < 1.29 is 9.13 Å². The van der Waals surface area contributed by atoms with Crippen LogP contribution in [0.4, 0.5) is 4.39 Å². The highest BCUT2D eigenvalue weighted by Gasteiger charge is 2.16. The Kier molecular flexibility index (Phi) is 4.90. The smallest absolute Gasteiger partial charge is 0.127 e. The van der Waals surface area contributed by atoms with Crippen LogP contribution < -0.4 is 5.32 Å². The number of rotatable bonds is 6. The lowest BCUT2D eigenvalue weighted by Crippen LogP contribution is -2.37. The zero-order valence-electron chi connectivity index (χ0n) is 10.2. The molecule has 90 valence electrons. The summed E-state index contributed by atoms with van der Waals surface area (Å²) in [6.07, 6.45) is 0. The number of hydrogen-bond donors (Lipinski definition) is 1. The molecule has 2 nitrogen and oxygen atoms in total. The van der Waals surface area contributed by atoms with E-state index in [-0.39, 0.29) is 11.4 Å². The Bertz CT molecular complexity index is 325. The first kappa shape index (κ1) is 13.1. The lowest BCUT2D eigenvalue weighted by molar-refractivity contribution is -0.00901. The van der Waals surface area contributed by atoms with E-state index in [9.17, 15) is 4.39 Å². The summed E-state index contributed by atoms with van der Waals surface area (Å²) in [6.45, 7) is 7.93. The highest BCUT2D eigenvalue weighted by atomic mass is 19.1. The van der Waals surface area contributed by atoms with Crippen LogP contribution in [0, 0.1) is 5.82 Å². The Morgan fingerprint density at radius 1 is 1.31 bits per heavy atom. The molecule has 1 aromatic carbocycles. The second-order valence-corrected chi connectivity index (χ2v) is 4.39. The van der Waals surface area contributed by atoms with Crippen LogP contribution in [0.25, 0.3) is 0 Å². The van der Waals surface area contributed by atoms with Gasteiger partial charge in [0.15, 0.2) is 0 Å². The Balaban J connectivity index is 2.39. The molecule has 3 heteroatoms. The lowest BCUT2D eigenvalue weighted by atomic mass is 10.1. The van der Waals surface area contributed by atoms with Crippen molar-refractivity contribution in [2.75, 3.05) is 13.2 Å². The van der Waals surface area contributed by atoms with Crippen LogP contribution in [-0.2, 0) is 11.3 Å². The van der Waals surface area contributed by atoms with Crippen molar-refractivity contribution in [1.29, 1.82) is 0 Å². The van der Waals surface area contributed by atoms with Gasteiger partial charge in [0.2, 0.25) is 0 Å². The van der Waals surface area contributed by atoms with E-state index < -0.39 is 0 Å². The Hall–Kier alpha value is -0.930. The van der Waals surface area contributed by atoms with Gasteiger partial charge in [0.05, 0.1) is 5.60 Å². The Morgan fingerprint density at radius 3 is 2.62 bits per heavy atom. The fourth-order valence-electron chi connectivity index (χ4n) is 1.58. The van der Waals surface area contributed by atoms with E-state index in [1.165, 1.54) is 6.07 Å². The van der Waals surface area contributed by atoms with E-state index in [4.69, 9.17) is 4.74 Å². The van der Waals surface area contributed by atoms with Crippen molar-refractivity contribution in [2.45, 2.75) is 32.9 Å². The maximum atomic E-state index is 13.3. The number of halogens is 1. The SMILES string of the molecule is CCOC(C)(C)CNCc1ccccc1F. The average Bonchev–Trinajstić information content (AvgIpc) is 2.20. The largest absolute Gasteiger partial charge is 0.375 e. The molecule has 0 unspecified atom stereocenters. The summed E-state index contributed by atoms with van der Waals surface area (Å²) in [6, 6.07) is 6.80. The first-order valence-electron chi connectivity index (χ1n) is 5.63. The second kappa shape index (κ2) is 5.97. The summed E-state index contributed by atoms with van der Waals surface area (Å²) < 4.78 is 18.8. The van der Waals surface area contributed by atoms with Gasteiger partial charge in [0.1, 0.15) is 5.82 Å². The molecule has 0 saturated heterocycles. The molecule has 0 bridgehead atoms. The second-order valence-electron chi connectivity index (χ2n) is 4.39. The lowest BCUT2D eigenvalue weighted by Gasteiger charge is -2.25. The molecular weight excluding hydrogens is 205 g/mol. The van der Waals surface area contributed by atoms with Gasteiger partial charge in [-0.2, -0.15) is 0 Å². The van der Waals surface area contributed by atoms with Crippen molar-refractivity contribution in [3.63, 3.8) is 0 Å². The molecule has 0 radical (unpaired) electrons. The van der Waals surface area contributed by atoms with Crippen LogP contribution in [0.3, 0.4) is 0 Å². The summed E-state index contributed by atoms with van der Waals surface area (Å²) in [5, 5.41) is 3.20. The number of ether oxygens (including phenoxy) is 1. The van der Waals surface area contributed by atoms with Gasteiger partial charge >= 0.3 is 0 Å². The zero-order valence-corrected chi connectivity index (χ0v) is 10.2. The first-order chi connectivity index (χ1) is 7.55. The minimum atomic E-state index is -0.208. The number of nitrogens with one attached hydrogen (secondary N) is 1. The van der Waals surface area contributed by atoms with Crippen molar-refractivity contribution in [2.24, 2.45) is 0 Å². The fourth-order valence-corrected chi connectivity index (χ4v) is 1.58. The van der Waals surface area contributed by atoms with Crippen LogP contribution in [0.15, 0.2) is 24.3 Å².